The molecule has 16 aromatic rings. The average Bonchev–Trinajstić information content (AvgIpc) is 0.790. The molecule has 0 bridgehead atoms. The van der Waals surface area contributed by atoms with Gasteiger partial charge in [0, 0.05) is 115 Å². The van der Waals surface area contributed by atoms with E-state index >= 15 is 0 Å². The fourth-order valence-corrected chi connectivity index (χ4v) is 15.8. The second-order valence-electron chi connectivity index (χ2n) is 34.6. The zero-order valence-electron chi connectivity index (χ0n) is 73.2. The largest absolute Gasteiger partial charge is 0.258 e. The van der Waals surface area contributed by atoms with Crippen LogP contribution in [0, 0.1) is 101 Å². The van der Waals surface area contributed by atoms with Crippen molar-refractivity contribution in [1.29, 1.82) is 0 Å². The second kappa shape index (κ2) is 34.6. The summed E-state index contributed by atoms with van der Waals surface area (Å²) in [5, 5.41) is 9.72. The van der Waals surface area contributed by atoms with Gasteiger partial charge in [0.1, 0.15) is 28.2 Å². The van der Waals surface area contributed by atoms with E-state index in [1.807, 2.05) is 56.5 Å². The lowest BCUT2D eigenvalue weighted by Crippen LogP contribution is -2.30. The Hall–Kier alpha value is -12.3. The Kier molecular flexibility index (Phi) is 24.5. The van der Waals surface area contributed by atoms with Crippen molar-refractivity contribution in [3.63, 3.8) is 0 Å². The van der Waals surface area contributed by atoms with Crippen LogP contribution in [-0.2, 0) is 41.0 Å². The molecule has 117 heavy (non-hydrogen) atoms. The Bertz CT molecular complexity index is 6410. The van der Waals surface area contributed by atoms with E-state index in [0.29, 0.717) is 11.8 Å². The monoisotopic (exact) mass is 1540 g/mol. The van der Waals surface area contributed by atoms with Crippen LogP contribution in [0.25, 0.3) is 133 Å². The molecule has 590 valence electrons. The molecule has 0 N–H and O–H groups in total. The van der Waals surface area contributed by atoms with E-state index in [4.69, 9.17) is 4.98 Å². The van der Waals surface area contributed by atoms with Gasteiger partial charge in [-0.2, -0.15) is 0 Å². The maximum absolute atomic E-state index is 4.71. The molecule has 0 aliphatic heterocycles. The molecule has 0 spiro atoms. The highest BCUT2D eigenvalue weighted by Gasteiger charge is 2.23. The van der Waals surface area contributed by atoms with Gasteiger partial charge in [0.2, 0.25) is 22.8 Å². The molecule has 0 aliphatic carbocycles. The Balaban J connectivity index is 0.000000136. The van der Waals surface area contributed by atoms with Gasteiger partial charge in [0.25, 0.3) is 0 Å². The zero-order valence-corrected chi connectivity index (χ0v) is 73.2. The van der Waals surface area contributed by atoms with Crippen molar-refractivity contribution in [1.82, 2.24) is 39.9 Å². The Morgan fingerprint density at radius 1 is 0.291 bits per heavy atom. The molecule has 0 fully saturated rings. The molecule has 16 rings (SSSR count). The van der Waals surface area contributed by atoms with Gasteiger partial charge in [-0.1, -0.05) is 119 Å². The number of nitrogens with zero attached hydrogens (tertiary/aromatic N) is 12. The maximum atomic E-state index is 4.71. The smallest absolute Gasteiger partial charge is 0.213 e. The lowest BCUT2D eigenvalue weighted by atomic mass is 9.91. The van der Waals surface area contributed by atoms with Gasteiger partial charge in [-0.3, -0.25) is 39.9 Å². The molecule has 0 unspecified atom stereocenters. The molecular formula is C105H114N12+4. The molecule has 0 saturated heterocycles. The fourth-order valence-electron chi connectivity index (χ4n) is 15.8. The number of hydrogen-bond acceptors (Lipinski definition) is 8. The number of benzene rings is 8. The third-order valence-electron chi connectivity index (χ3n) is 22.7. The molecule has 0 saturated carbocycles. The van der Waals surface area contributed by atoms with Crippen molar-refractivity contribution in [2.24, 2.45) is 39.5 Å². The van der Waals surface area contributed by atoms with E-state index in [9.17, 15) is 0 Å². The molecule has 12 nitrogen and oxygen atoms in total. The molecule has 8 heterocycles. The first kappa shape index (κ1) is 82.7. The molecule has 0 aliphatic rings. The van der Waals surface area contributed by atoms with Crippen LogP contribution in [0.4, 0.5) is 0 Å². The van der Waals surface area contributed by atoms with Crippen molar-refractivity contribution in [3.05, 3.63) is 309 Å². The van der Waals surface area contributed by atoms with Crippen LogP contribution in [0.3, 0.4) is 0 Å². The van der Waals surface area contributed by atoms with Crippen LogP contribution in [0.2, 0.25) is 0 Å². The van der Waals surface area contributed by atoms with Crippen molar-refractivity contribution in [2.45, 2.75) is 157 Å². The van der Waals surface area contributed by atoms with E-state index < -0.39 is 0 Å². The number of pyridine rings is 4. The molecule has 8 aromatic carbocycles. The number of fused-ring (bicyclic) bond motifs is 4. The Morgan fingerprint density at radius 3 is 0.838 bits per heavy atom. The minimum Gasteiger partial charge on any atom is -0.258 e. The van der Waals surface area contributed by atoms with Crippen LogP contribution < -0.4 is 18.3 Å². The van der Waals surface area contributed by atoms with Crippen molar-refractivity contribution < 1.29 is 18.3 Å². The number of aromatic nitrogens is 12. The number of aryl methyl sites for hydroxylation is 13. The summed E-state index contributed by atoms with van der Waals surface area (Å²) in [7, 11) is 8.49. The van der Waals surface area contributed by atoms with Gasteiger partial charge < -0.3 is 0 Å². The summed E-state index contributed by atoms with van der Waals surface area (Å²) in [6.07, 6.45) is 25.8. The SMILES string of the molecule is Cc1cc(C)c(C)c(-c2cc3cc(-c4cnc(C(C)C)cn4)ccc3c[n+]2C)c1.Cc1cc(C)c(C)c(-c2cc3cc(-c4cnc(C)cn4)ccc3c[n+]2C)c1.Cc1cc(C)c(C)c(-c2cc3cc(-c4cnc(CC(C)(C)C)cn4)ccc3c[n+]2C)c1.Cc1cc(C)c(C)c(-c2cc3cc(-c4cnc(CC(C)C)cn4)ccc3c[n+]2C)c1. The lowest BCUT2D eigenvalue weighted by Gasteiger charge is -2.17. The van der Waals surface area contributed by atoms with Crippen molar-refractivity contribution in [3.8, 4) is 90.1 Å². The molecular weight excluding hydrogens is 1430 g/mol. The minimum absolute atomic E-state index is 0.206. The summed E-state index contributed by atoms with van der Waals surface area (Å²) in [6, 6.07) is 53.3. The minimum atomic E-state index is 0.206. The zero-order chi connectivity index (χ0) is 83.6. The highest BCUT2D eigenvalue weighted by Crippen LogP contribution is 2.36. The van der Waals surface area contributed by atoms with Crippen LogP contribution in [0.15, 0.2) is 220 Å². The van der Waals surface area contributed by atoms with Crippen molar-refractivity contribution >= 4 is 43.1 Å². The molecule has 8 aromatic heterocycles. The first-order valence-corrected chi connectivity index (χ1v) is 41.0. The van der Waals surface area contributed by atoms with E-state index in [1.165, 1.54) is 155 Å². The topological polar surface area (TPSA) is 119 Å². The van der Waals surface area contributed by atoms with Crippen LogP contribution in [0.1, 0.15) is 144 Å². The van der Waals surface area contributed by atoms with Gasteiger partial charge >= 0.3 is 0 Å². The first-order valence-electron chi connectivity index (χ1n) is 41.0. The van der Waals surface area contributed by atoms with Gasteiger partial charge in [-0.15, -0.1) is 0 Å². The third kappa shape index (κ3) is 19.2. The van der Waals surface area contributed by atoms with Crippen LogP contribution in [-0.4, -0.2) is 39.9 Å². The van der Waals surface area contributed by atoms with Gasteiger partial charge in [-0.25, -0.2) is 18.3 Å². The maximum Gasteiger partial charge on any atom is 0.213 e. The van der Waals surface area contributed by atoms with Crippen LogP contribution in [0.5, 0.6) is 0 Å². The summed E-state index contributed by atoms with van der Waals surface area (Å²) < 4.78 is 8.89. The summed E-state index contributed by atoms with van der Waals surface area (Å²) >= 11 is 0. The molecule has 0 amide bonds. The van der Waals surface area contributed by atoms with Gasteiger partial charge in [0.05, 0.1) is 70.3 Å². The first-order chi connectivity index (χ1) is 55.7. The summed E-state index contributed by atoms with van der Waals surface area (Å²) in [5.41, 5.74) is 38.1. The predicted octanol–water partition coefficient (Wildman–Crippen LogP) is 23.1. The molecule has 0 radical (unpaired) electrons. The summed E-state index contributed by atoms with van der Waals surface area (Å²) in [4.78, 5) is 36.8. The van der Waals surface area contributed by atoms with E-state index in [0.717, 1.165) is 80.6 Å². The van der Waals surface area contributed by atoms with E-state index in [1.54, 1.807) is 0 Å². The number of rotatable bonds is 12. The second-order valence-corrected chi connectivity index (χ2v) is 34.6. The normalized spacial score (nSPS) is 11.5. The van der Waals surface area contributed by atoms with E-state index in [2.05, 4.69) is 383 Å². The summed E-state index contributed by atoms with van der Waals surface area (Å²) in [6.45, 7) is 43.5. The highest BCUT2D eigenvalue weighted by molar-refractivity contribution is 5.92. The van der Waals surface area contributed by atoms with Crippen molar-refractivity contribution in [2.75, 3.05) is 0 Å². The standard InChI is InChI=1S/C28H32N3.C27H30N3.C26H28N3.C24H24N3/c1-18-10-19(2)20(3)25(11-18)27-13-23-12-21(8-9-22(23)17-31(27)7)26-16-29-24(15-30-26)14-28(4,5)6;1-17(2)9-24-14-29-26(15-28-24)21-7-8-22-16-30(6)27(13-23(22)12-21)25-11-18(3)10-19(4)20(25)5;1-16(2)24-13-28-25(14-27-24)20-7-8-21-15-29(6)26(12-22(21)11-20)23-10-17(3)9-18(4)19(23)5;1-15-8-16(2)18(4)22(9-15)24-11-21-10-19(6-7-20(21)14-27(24)5)23-13-25-17(3)12-26-23/h8-13,15-17H,14H2,1-7H3;7-8,10-17H,9H2,1-6H3;7-16H,1-6H3;6-14H,1-5H3/q4*+1. The van der Waals surface area contributed by atoms with Gasteiger partial charge in [-0.05, 0) is 259 Å². The van der Waals surface area contributed by atoms with Crippen LogP contribution >= 0.6 is 0 Å². The fraction of sp³-hybridized carbons (Fsp3) is 0.276. The van der Waals surface area contributed by atoms with Gasteiger partial charge in [0.15, 0.2) is 24.8 Å². The number of hydrogen-bond donors (Lipinski definition) is 0. The van der Waals surface area contributed by atoms with E-state index in [-0.39, 0.29) is 5.41 Å². The molecule has 12 heteroatoms. The third-order valence-corrected chi connectivity index (χ3v) is 22.7. The Morgan fingerprint density at radius 2 is 0.581 bits per heavy atom. The quantitative estimate of drug-likeness (QED) is 0.111. The predicted molar refractivity (Wildman–Crippen MR) is 484 cm³/mol. The Labute approximate surface area is 693 Å². The summed E-state index contributed by atoms with van der Waals surface area (Å²) in [5.74, 6) is 0.968. The highest BCUT2D eigenvalue weighted by atomic mass is 14.9. The average molecular weight is 1540 g/mol. The lowest BCUT2D eigenvalue weighted by molar-refractivity contribution is -0.659. The molecule has 0 atom stereocenters.